The Bertz CT molecular complexity index is 1020. The van der Waals surface area contributed by atoms with Crippen LogP contribution in [0.4, 0.5) is 5.69 Å². The lowest BCUT2D eigenvalue weighted by atomic mass is 10.1. The second kappa shape index (κ2) is 11.5. The number of carbonyl (C=O) groups excluding carboxylic acids is 3. The highest BCUT2D eigenvalue weighted by Gasteiger charge is 2.35. The first-order valence-corrected chi connectivity index (χ1v) is 11.5. The van der Waals surface area contributed by atoms with Crippen molar-refractivity contribution >= 4 is 40.4 Å². The molecule has 0 saturated carbocycles. The smallest absolute Gasteiger partial charge is 0.338 e. The van der Waals surface area contributed by atoms with Crippen LogP contribution in [0.5, 0.6) is 5.75 Å². The third-order valence-electron chi connectivity index (χ3n) is 5.06. The van der Waals surface area contributed by atoms with E-state index in [4.69, 9.17) is 9.47 Å². The third-order valence-corrected chi connectivity index (χ3v) is 6.25. The molecule has 0 aromatic heterocycles. The van der Waals surface area contributed by atoms with E-state index in [1.54, 1.807) is 50.2 Å². The van der Waals surface area contributed by atoms with E-state index in [9.17, 15) is 14.4 Å². The minimum atomic E-state index is -0.544. The molecule has 0 aliphatic carbocycles. The molecule has 0 bridgehead atoms. The summed E-state index contributed by atoms with van der Waals surface area (Å²) in [6.07, 6.45) is 0.732. The Labute approximate surface area is 197 Å². The number of methoxy groups -OCH3 is 1. The predicted octanol–water partition coefficient (Wildman–Crippen LogP) is 3.18. The molecule has 33 heavy (non-hydrogen) atoms. The molecule has 1 heterocycles. The zero-order chi connectivity index (χ0) is 23.8. The Balaban J connectivity index is 1.82. The van der Waals surface area contributed by atoms with Crippen LogP contribution in [0.2, 0.25) is 0 Å². The van der Waals surface area contributed by atoms with E-state index in [1.165, 1.54) is 11.8 Å². The molecule has 2 aromatic rings. The summed E-state index contributed by atoms with van der Waals surface area (Å²) in [6, 6.07) is 14.3. The summed E-state index contributed by atoms with van der Waals surface area (Å²) < 4.78 is 10.2. The van der Waals surface area contributed by atoms with Crippen molar-refractivity contribution in [2.24, 2.45) is 4.99 Å². The number of carbonyl (C=O) groups is 3. The van der Waals surface area contributed by atoms with E-state index in [2.05, 4.69) is 10.3 Å². The van der Waals surface area contributed by atoms with E-state index in [0.717, 1.165) is 11.3 Å². The summed E-state index contributed by atoms with van der Waals surface area (Å²) in [6.45, 7) is 2.48. The van der Waals surface area contributed by atoms with Crippen LogP contribution in [-0.2, 0) is 20.7 Å². The largest absolute Gasteiger partial charge is 0.497 e. The second-order valence-electron chi connectivity index (χ2n) is 7.23. The molecule has 0 radical (unpaired) electrons. The van der Waals surface area contributed by atoms with Crippen molar-refractivity contribution in [3.8, 4) is 5.75 Å². The monoisotopic (exact) mass is 469 g/mol. The van der Waals surface area contributed by atoms with Gasteiger partial charge >= 0.3 is 5.97 Å². The molecule has 0 spiro atoms. The van der Waals surface area contributed by atoms with Gasteiger partial charge in [-0.3, -0.25) is 14.5 Å². The number of rotatable bonds is 8. The van der Waals surface area contributed by atoms with Crippen molar-refractivity contribution in [2.75, 3.05) is 27.3 Å². The van der Waals surface area contributed by atoms with Gasteiger partial charge in [-0.2, -0.15) is 0 Å². The predicted molar refractivity (Wildman–Crippen MR) is 128 cm³/mol. The molecule has 8 nitrogen and oxygen atoms in total. The molecule has 1 fully saturated rings. The second-order valence-corrected chi connectivity index (χ2v) is 8.40. The number of nitrogens with zero attached hydrogens (tertiary/aromatic N) is 2. The Kier molecular flexibility index (Phi) is 8.48. The van der Waals surface area contributed by atoms with Crippen LogP contribution in [-0.4, -0.2) is 60.4 Å². The molecule has 2 amide bonds. The third kappa shape index (κ3) is 6.35. The maximum absolute atomic E-state index is 12.9. The molecule has 1 aliphatic rings. The van der Waals surface area contributed by atoms with Crippen LogP contribution in [0.25, 0.3) is 0 Å². The highest BCUT2D eigenvalue weighted by atomic mass is 32.2. The van der Waals surface area contributed by atoms with Crippen LogP contribution >= 0.6 is 11.8 Å². The number of ether oxygens (including phenoxy) is 2. The number of esters is 1. The first-order chi connectivity index (χ1) is 15.9. The van der Waals surface area contributed by atoms with Crippen LogP contribution < -0.4 is 10.1 Å². The molecule has 1 aliphatic heterocycles. The highest BCUT2D eigenvalue weighted by Crippen LogP contribution is 2.29. The van der Waals surface area contributed by atoms with Gasteiger partial charge in [0.2, 0.25) is 11.8 Å². The van der Waals surface area contributed by atoms with Crippen molar-refractivity contribution < 1.29 is 23.9 Å². The molecular formula is C24H27N3O5S. The summed E-state index contributed by atoms with van der Waals surface area (Å²) in [4.78, 5) is 43.3. The van der Waals surface area contributed by atoms with E-state index >= 15 is 0 Å². The fraction of sp³-hybridized carbons (Fsp3) is 0.333. The van der Waals surface area contributed by atoms with Gasteiger partial charge in [0.05, 0.1) is 30.2 Å². The number of benzene rings is 2. The van der Waals surface area contributed by atoms with Crippen LogP contribution in [0.3, 0.4) is 0 Å². The number of nitrogens with one attached hydrogen (secondary N) is 1. The molecular weight excluding hydrogens is 442 g/mol. The lowest BCUT2D eigenvalue weighted by molar-refractivity contribution is -0.130. The SMILES string of the molecule is CCOC(=O)c1ccc(N=C2S[C@@H](C(=O)NC)CC(=O)N2CCc2ccc(OC)cc2)cc1. The van der Waals surface area contributed by atoms with E-state index in [0.29, 0.717) is 36.0 Å². The van der Waals surface area contributed by atoms with E-state index in [1.807, 2.05) is 24.3 Å². The van der Waals surface area contributed by atoms with Crippen molar-refractivity contribution in [2.45, 2.75) is 25.0 Å². The van der Waals surface area contributed by atoms with Gasteiger partial charge in [-0.1, -0.05) is 23.9 Å². The van der Waals surface area contributed by atoms with Crippen molar-refractivity contribution in [3.05, 3.63) is 59.7 Å². The lowest BCUT2D eigenvalue weighted by Crippen LogP contribution is -2.46. The zero-order valence-electron chi connectivity index (χ0n) is 18.9. The molecule has 2 aromatic carbocycles. The number of amides is 2. The van der Waals surface area contributed by atoms with Crippen LogP contribution in [0, 0.1) is 0 Å². The standard InChI is InChI=1S/C24H27N3O5S/c1-4-32-23(30)17-7-9-18(10-8-17)26-24-27(21(28)15-20(33-24)22(29)25-2)14-13-16-5-11-19(31-3)12-6-16/h5-12,20H,4,13-15H2,1-3H3,(H,25,29)/t20-/m1/s1. The summed E-state index contributed by atoms with van der Waals surface area (Å²) >= 11 is 1.26. The lowest BCUT2D eigenvalue weighted by Gasteiger charge is -2.31. The molecule has 3 rings (SSSR count). The molecule has 1 saturated heterocycles. The number of thioether (sulfide) groups is 1. The van der Waals surface area contributed by atoms with E-state index < -0.39 is 11.2 Å². The Morgan fingerprint density at radius 1 is 1.15 bits per heavy atom. The van der Waals surface area contributed by atoms with Gasteiger partial charge in [-0.25, -0.2) is 9.79 Å². The van der Waals surface area contributed by atoms with Gasteiger partial charge in [0.1, 0.15) is 5.75 Å². The van der Waals surface area contributed by atoms with Gasteiger partial charge in [0, 0.05) is 20.0 Å². The molecule has 1 N–H and O–H groups in total. The number of hydrogen-bond acceptors (Lipinski definition) is 7. The zero-order valence-corrected chi connectivity index (χ0v) is 19.7. The van der Waals surface area contributed by atoms with Crippen molar-refractivity contribution in [3.63, 3.8) is 0 Å². The van der Waals surface area contributed by atoms with Gasteiger partial charge in [-0.05, 0) is 55.3 Å². The summed E-state index contributed by atoms with van der Waals surface area (Å²) in [5, 5.41) is 2.52. The van der Waals surface area contributed by atoms with Crippen LogP contribution in [0.1, 0.15) is 29.3 Å². The Hall–Kier alpha value is -3.33. The number of hydrogen-bond donors (Lipinski definition) is 1. The number of aliphatic imine (C=N–C) groups is 1. The summed E-state index contributed by atoms with van der Waals surface area (Å²) in [5.41, 5.74) is 2.05. The normalized spacial score (nSPS) is 17.1. The Morgan fingerprint density at radius 3 is 2.45 bits per heavy atom. The van der Waals surface area contributed by atoms with Gasteiger partial charge in [0.15, 0.2) is 5.17 Å². The topological polar surface area (TPSA) is 97.3 Å². The fourth-order valence-electron chi connectivity index (χ4n) is 3.25. The summed E-state index contributed by atoms with van der Waals surface area (Å²) in [7, 11) is 3.16. The number of amidine groups is 1. The average Bonchev–Trinajstić information content (AvgIpc) is 2.83. The van der Waals surface area contributed by atoms with Crippen LogP contribution in [0.15, 0.2) is 53.5 Å². The maximum Gasteiger partial charge on any atom is 0.338 e. The molecule has 1 atom stereocenters. The van der Waals surface area contributed by atoms with E-state index in [-0.39, 0.29) is 18.2 Å². The van der Waals surface area contributed by atoms with Crippen molar-refractivity contribution in [1.29, 1.82) is 0 Å². The average molecular weight is 470 g/mol. The summed E-state index contributed by atoms with van der Waals surface area (Å²) in [5.74, 6) is -0.00344. The maximum atomic E-state index is 12.9. The minimum Gasteiger partial charge on any atom is -0.497 e. The molecule has 174 valence electrons. The van der Waals surface area contributed by atoms with Gasteiger partial charge in [-0.15, -0.1) is 0 Å². The first kappa shape index (κ1) is 24.3. The Morgan fingerprint density at radius 2 is 1.85 bits per heavy atom. The quantitative estimate of drug-likeness (QED) is 0.597. The van der Waals surface area contributed by atoms with Gasteiger partial charge < -0.3 is 14.8 Å². The first-order valence-electron chi connectivity index (χ1n) is 10.6. The molecule has 9 heteroatoms. The fourth-order valence-corrected chi connectivity index (χ4v) is 4.44. The van der Waals surface area contributed by atoms with Gasteiger partial charge in [0.25, 0.3) is 0 Å². The molecule has 0 unspecified atom stereocenters. The highest BCUT2D eigenvalue weighted by molar-refractivity contribution is 8.15. The van der Waals surface area contributed by atoms with Crippen molar-refractivity contribution in [1.82, 2.24) is 10.2 Å². The minimum absolute atomic E-state index is 0.105.